The molecule has 2 atom stereocenters. The van der Waals surface area contributed by atoms with Crippen molar-refractivity contribution < 1.29 is 9.59 Å². The van der Waals surface area contributed by atoms with Crippen LogP contribution in [0.25, 0.3) is 0 Å². The van der Waals surface area contributed by atoms with Gasteiger partial charge in [-0.1, -0.05) is 45.0 Å². The lowest BCUT2D eigenvalue weighted by atomic mass is 9.87. The fourth-order valence-corrected chi connectivity index (χ4v) is 3.22. The van der Waals surface area contributed by atoms with Gasteiger partial charge in [0.05, 0.1) is 12.0 Å². The molecule has 1 aromatic rings. The third-order valence-corrected chi connectivity index (χ3v) is 4.99. The van der Waals surface area contributed by atoms with E-state index in [1.807, 2.05) is 32.9 Å². The van der Waals surface area contributed by atoms with E-state index < -0.39 is 6.04 Å². The summed E-state index contributed by atoms with van der Waals surface area (Å²) in [6.45, 7) is 8.80. The molecule has 144 valence electrons. The van der Waals surface area contributed by atoms with Gasteiger partial charge < -0.3 is 16.8 Å². The number of nitrogens with one attached hydrogen (secondary N) is 1. The summed E-state index contributed by atoms with van der Waals surface area (Å²) < 4.78 is 0. The zero-order valence-corrected chi connectivity index (χ0v) is 16.1. The van der Waals surface area contributed by atoms with Gasteiger partial charge in [0, 0.05) is 19.6 Å². The first kappa shape index (κ1) is 20.4. The Labute approximate surface area is 156 Å². The Bertz CT molecular complexity index is 639. The van der Waals surface area contributed by atoms with Gasteiger partial charge in [-0.05, 0) is 35.9 Å². The Morgan fingerprint density at radius 1 is 1.31 bits per heavy atom. The van der Waals surface area contributed by atoms with Crippen LogP contribution in [0.4, 0.5) is 0 Å². The van der Waals surface area contributed by atoms with Gasteiger partial charge in [0.15, 0.2) is 0 Å². The van der Waals surface area contributed by atoms with Gasteiger partial charge in [-0.15, -0.1) is 0 Å². The first-order valence-electron chi connectivity index (χ1n) is 9.29. The Balaban J connectivity index is 1.91. The first-order chi connectivity index (χ1) is 12.2. The number of primary amides is 1. The number of hydrogen-bond donors (Lipinski definition) is 3. The molecule has 26 heavy (non-hydrogen) atoms. The van der Waals surface area contributed by atoms with Crippen LogP contribution >= 0.6 is 0 Å². The largest absolute Gasteiger partial charge is 0.369 e. The Kier molecular flexibility index (Phi) is 6.78. The first-order valence-corrected chi connectivity index (χ1v) is 9.29. The average molecular weight is 361 g/mol. The molecule has 5 N–H and O–H groups in total. The molecule has 6 heteroatoms. The van der Waals surface area contributed by atoms with Gasteiger partial charge in [0.2, 0.25) is 11.8 Å². The number of benzene rings is 1. The quantitative estimate of drug-likeness (QED) is 0.713. The van der Waals surface area contributed by atoms with Crippen molar-refractivity contribution in [3.63, 3.8) is 0 Å². The molecule has 1 aromatic carbocycles. The molecule has 1 aliphatic heterocycles. The summed E-state index contributed by atoms with van der Waals surface area (Å²) in [5.41, 5.74) is 13.4. The molecule has 1 heterocycles. The normalized spacial score (nSPS) is 19.8. The smallest absolute Gasteiger partial charge is 0.237 e. The molecule has 2 amide bonds. The molecule has 1 saturated heterocycles. The fourth-order valence-electron chi connectivity index (χ4n) is 3.22. The summed E-state index contributed by atoms with van der Waals surface area (Å²) in [5, 5.41) is 2.92. The molecule has 0 aromatic heterocycles. The minimum absolute atomic E-state index is 0.0508. The summed E-state index contributed by atoms with van der Waals surface area (Å²) in [6.07, 6.45) is 1.87. The van der Waals surface area contributed by atoms with Crippen molar-refractivity contribution in [1.82, 2.24) is 10.2 Å². The van der Waals surface area contributed by atoms with Crippen molar-refractivity contribution in [1.29, 1.82) is 0 Å². The van der Waals surface area contributed by atoms with Gasteiger partial charge >= 0.3 is 0 Å². The zero-order chi connectivity index (χ0) is 19.3. The van der Waals surface area contributed by atoms with Crippen molar-refractivity contribution in [2.24, 2.45) is 22.8 Å². The van der Waals surface area contributed by atoms with Crippen LogP contribution in [0.1, 0.15) is 44.7 Å². The van der Waals surface area contributed by atoms with Gasteiger partial charge in [-0.25, -0.2) is 0 Å². The molecule has 2 rings (SSSR count). The van der Waals surface area contributed by atoms with E-state index in [0.29, 0.717) is 6.54 Å². The number of carbonyl (C=O) groups excluding carboxylic acids is 2. The summed E-state index contributed by atoms with van der Waals surface area (Å²) in [5.74, 6) is -0.394. The topological polar surface area (TPSA) is 101 Å². The number of amides is 2. The number of nitrogens with zero attached hydrogens (tertiary/aromatic N) is 1. The van der Waals surface area contributed by atoms with E-state index in [-0.39, 0.29) is 23.1 Å². The molecule has 0 spiro atoms. The second-order valence-electron chi connectivity index (χ2n) is 8.36. The number of carbonyl (C=O) groups is 2. The maximum Gasteiger partial charge on any atom is 0.237 e. The molecule has 0 aliphatic carbocycles. The maximum absolute atomic E-state index is 12.2. The van der Waals surface area contributed by atoms with E-state index >= 15 is 0 Å². The highest BCUT2D eigenvalue weighted by Gasteiger charge is 2.27. The van der Waals surface area contributed by atoms with Gasteiger partial charge in [0.1, 0.15) is 0 Å². The molecular weight excluding hydrogens is 328 g/mol. The van der Waals surface area contributed by atoms with Crippen LogP contribution in [0.2, 0.25) is 0 Å². The fraction of sp³-hybridized carbons (Fsp3) is 0.600. The van der Waals surface area contributed by atoms with Crippen molar-refractivity contribution in [3.05, 3.63) is 35.4 Å². The minimum atomic E-state index is -0.537. The third kappa shape index (κ3) is 5.81. The second-order valence-corrected chi connectivity index (χ2v) is 8.36. The Morgan fingerprint density at radius 2 is 2.00 bits per heavy atom. The second kappa shape index (κ2) is 8.64. The molecule has 1 aliphatic rings. The molecular formula is C20H32N4O2. The van der Waals surface area contributed by atoms with E-state index in [4.69, 9.17) is 11.5 Å². The van der Waals surface area contributed by atoms with Crippen molar-refractivity contribution in [2.75, 3.05) is 13.1 Å². The summed E-state index contributed by atoms with van der Waals surface area (Å²) >= 11 is 0. The number of hydrogen-bond acceptors (Lipinski definition) is 4. The van der Waals surface area contributed by atoms with Crippen LogP contribution < -0.4 is 16.8 Å². The van der Waals surface area contributed by atoms with E-state index in [9.17, 15) is 9.59 Å². The summed E-state index contributed by atoms with van der Waals surface area (Å²) in [6, 6.07) is 7.62. The molecule has 1 fully saturated rings. The van der Waals surface area contributed by atoms with Crippen molar-refractivity contribution >= 4 is 11.8 Å². The Hall–Kier alpha value is -1.92. The van der Waals surface area contributed by atoms with E-state index in [0.717, 1.165) is 38.0 Å². The number of nitrogens with two attached hydrogens (primary N) is 2. The average Bonchev–Trinajstić information content (AvgIpc) is 2.58. The van der Waals surface area contributed by atoms with Crippen LogP contribution in [0.3, 0.4) is 0 Å². The predicted octanol–water partition coefficient (Wildman–Crippen LogP) is 1.37. The van der Waals surface area contributed by atoms with Crippen LogP contribution in [-0.2, 0) is 22.7 Å². The van der Waals surface area contributed by atoms with E-state index in [2.05, 4.69) is 22.3 Å². The molecule has 6 nitrogen and oxygen atoms in total. The highest BCUT2D eigenvalue weighted by atomic mass is 16.2. The standard InChI is InChI=1S/C20H32N4O2/c1-20(2,3)17(21)19(26)23-11-14-6-4-7-15(10-14)12-24-9-5-8-16(13-24)18(22)25/h4,6-7,10,16-17H,5,8-9,11-13,21H2,1-3H3,(H2,22,25)(H,23,26)/t16?,17-/m1/s1. The molecule has 0 bridgehead atoms. The van der Waals surface area contributed by atoms with Gasteiger partial charge in [0.25, 0.3) is 0 Å². The van der Waals surface area contributed by atoms with E-state index in [1.54, 1.807) is 0 Å². The summed E-state index contributed by atoms with van der Waals surface area (Å²) in [4.78, 5) is 25.9. The van der Waals surface area contributed by atoms with Crippen molar-refractivity contribution in [2.45, 2.75) is 52.7 Å². The lowest BCUT2D eigenvalue weighted by molar-refractivity contribution is -0.125. The monoisotopic (exact) mass is 360 g/mol. The SMILES string of the molecule is CC(C)(C)[C@H](N)C(=O)NCc1cccc(CN2CCCC(C(N)=O)C2)c1. The summed E-state index contributed by atoms with van der Waals surface area (Å²) in [7, 11) is 0. The molecule has 0 saturated carbocycles. The predicted molar refractivity (Wildman–Crippen MR) is 103 cm³/mol. The Morgan fingerprint density at radius 3 is 2.65 bits per heavy atom. The zero-order valence-electron chi connectivity index (χ0n) is 16.1. The maximum atomic E-state index is 12.2. The minimum Gasteiger partial charge on any atom is -0.369 e. The number of rotatable bonds is 6. The lowest BCUT2D eigenvalue weighted by Gasteiger charge is -2.31. The highest BCUT2D eigenvalue weighted by molar-refractivity contribution is 5.82. The van der Waals surface area contributed by atoms with Crippen LogP contribution in [0, 0.1) is 11.3 Å². The lowest BCUT2D eigenvalue weighted by Crippen LogP contribution is -2.48. The third-order valence-electron chi connectivity index (χ3n) is 4.99. The van der Waals surface area contributed by atoms with Crippen LogP contribution in [0.15, 0.2) is 24.3 Å². The molecule has 0 radical (unpaired) electrons. The van der Waals surface area contributed by atoms with E-state index in [1.165, 1.54) is 5.56 Å². The highest BCUT2D eigenvalue weighted by Crippen LogP contribution is 2.19. The van der Waals surface area contributed by atoms with Gasteiger partial charge in [-0.3, -0.25) is 14.5 Å². The number of piperidine rings is 1. The van der Waals surface area contributed by atoms with Crippen LogP contribution in [-0.4, -0.2) is 35.8 Å². The van der Waals surface area contributed by atoms with Crippen LogP contribution in [0.5, 0.6) is 0 Å². The molecule has 1 unspecified atom stereocenters. The van der Waals surface area contributed by atoms with Gasteiger partial charge in [-0.2, -0.15) is 0 Å². The van der Waals surface area contributed by atoms with Crippen molar-refractivity contribution in [3.8, 4) is 0 Å². The number of likely N-dealkylation sites (tertiary alicyclic amines) is 1.